The van der Waals surface area contributed by atoms with Crippen LogP contribution in [0.3, 0.4) is 0 Å². The summed E-state index contributed by atoms with van der Waals surface area (Å²) in [5.41, 5.74) is 2.87. The molecule has 2 aromatic carbocycles. The van der Waals surface area contributed by atoms with E-state index in [9.17, 15) is 4.79 Å². The average molecular weight is 390 g/mol. The molecule has 0 aromatic heterocycles. The van der Waals surface area contributed by atoms with Crippen molar-refractivity contribution in [3.63, 3.8) is 0 Å². The molecule has 1 fully saturated rings. The van der Waals surface area contributed by atoms with Crippen molar-refractivity contribution in [2.24, 2.45) is 5.92 Å². The normalized spacial score (nSPS) is 14.2. The summed E-state index contributed by atoms with van der Waals surface area (Å²) >= 11 is 6.11. The molecule has 6 heteroatoms. The summed E-state index contributed by atoms with van der Waals surface area (Å²) in [6.45, 7) is 2.76. The zero-order valence-corrected chi connectivity index (χ0v) is 15.9. The minimum atomic E-state index is -0.0554. The molecule has 1 saturated heterocycles. The van der Waals surface area contributed by atoms with Gasteiger partial charge in [-0.15, -0.1) is 12.4 Å². The summed E-state index contributed by atoms with van der Waals surface area (Å²) in [6, 6.07) is 14.8. The summed E-state index contributed by atoms with van der Waals surface area (Å²) in [6.07, 6.45) is 2.20. The van der Waals surface area contributed by atoms with Crippen LogP contribution in [0.15, 0.2) is 42.5 Å². The number of hydrogen-bond acceptors (Lipinski definition) is 3. The lowest BCUT2D eigenvalue weighted by molar-refractivity contribution is 0.0944. The van der Waals surface area contributed by atoms with E-state index < -0.39 is 0 Å². The molecule has 4 nitrogen and oxygen atoms in total. The molecule has 0 unspecified atom stereocenters. The first-order valence-corrected chi connectivity index (χ1v) is 8.84. The highest BCUT2D eigenvalue weighted by molar-refractivity contribution is 6.32. The third kappa shape index (κ3) is 4.98. The van der Waals surface area contributed by atoms with Crippen LogP contribution in [0.25, 0.3) is 11.1 Å². The lowest BCUT2D eigenvalue weighted by Gasteiger charge is -2.22. The van der Waals surface area contributed by atoms with Crippen LogP contribution < -0.4 is 10.6 Å². The number of carbonyl (C=O) groups excluding carboxylic acids is 1. The van der Waals surface area contributed by atoms with Gasteiger partial charge in [-0.1, -0.05) is 29.8 Å². The summed E-state index contributed by atoms with van der Waals surface area (Å²) in [5.74, 6) is 0.492. The van der Waals surface area contributed by atoms with Crippen molar-refractivity contribution in [3.8, 4) is 17.2 Å². The largest absolute Gasteiger partial charge is 0.352 e. The van der Waals surface area contributed by atoms with E-state index in [0.717, 1.165) is 37.1 Å². The predicted molar refractivity (Wildman–Crippen MR) is 107 cm³/mol. The van der Waals surface area contributed by atoms with Gasteiger partial charge in [-0.2, -0.15) is 5.26 Å². The number of nitrogens with one attached hydrogen (secondary N) is 2. The van der Waals surface area contributed by atoms with Gasteiger partial charge in [0.05, 0.1) is 10.6 Å². The molecule has 1 aliphatic rings. The van der Waals surface area contributed by atoms with E-state index in [0.29, 0.717) is 28.6 Å². The minimum absolute atomic E-state index is 0. The highest BCUT2D eigenvalue weighted by Crippen LogP contribution is 2.26. The second-order valence-electron chi connectivity index (χ2n) is 6.29. The molecular formula is C20H21Cl2N3O. The van der Waals surface area contributed by atoms with E-state index in [1.807, 2.05) is 30.3 Å². The Hall–Kier alpha value is -2.06. The first kappa shape index (κ1) is 20.3. The Balaban J connectivity index is 0.00000243. The second kappa shape index (κ2) is 9.59. The molecule has 0 atom stereocenters. The van der Waals surface area contributed by atoms with E-state index in [-0.39, 0.29) is 18.3 Å². The molecule has 3 rings (SSSR count). The Morgan fingerprint density at radius 2 is 1.92 bits per heavy atom. The molecule has 2 N–H and O–H groups in total. The number of nitriles is 1. The maximum Gasteiger partial charge on any atom is 0.251 e. The third-order valence-corrected chi connectivity index (χ3v) is 4.87. The van der Waals surface area contributed by atoms with Crippen LogP contribution in [0.5, 0.6) is 0 Å². The molecule has 136 valence electrons. The Bertz CT molecular complexity index is 811. The van der Waals surface area contributed by atoms with Gasteiger partial charge in [0.1, 0.15) is 6.07 Å². The summed E-state index contributed by atoms with van der Waals surface area (Å²) in [7, 11) is 0. The molecule has 1 amide bonds. The van der Waals surface area contributed by atoms with Crippen molar-refractivity contribution >= 4 is 29.9 Å². The lowest BCUT2D eigenvalue weighted by Crippen LogP contribution is -2.35. The van der Waals surface area contributed by atoms with Crippen LogP contribution in [-0.2, 0) is 0 Å². The Morgan fingerprint density at radius 1 is 1.19 bits per heavy atom. The topological polar surface area (TPSA) is 64.9 Å². The van der Waals surface area contributed by atoms with Crippen LogP contribution in [0.1, 0.15) is 28.8 Å². The van der Waals surface area contributed by atoms with Crippen molar-refractivity contribution in [1.82, 2.24) is 10.6 Å². The van der Waals surface area contributed by atoms with E-state index in [4.69, 9.17) is 16.9 Å². The summed E-state index contributed by atoms with van der Waals surface area (Å²) in [5, 5.41) is 15.8. The average Bonchev–Trinajstić information content (AvgIpc) is 2.67. The number of carbonyl (C=O) groups is 1. The van der Waals surface area contributed by atoms with Gasteiger partial charge in [0.2, 0.25) is 0 Å². The number of halogens is 2. The molecule has 0 saturated carbocycles. The maximum atomic E-state index is 12.4. The van der Waals surface area contributed by atoms with Gasteiger partial charge in [0.25, 0.3) is 5.91 Å². The third-order valence-electron chi connectivity index (χ3n) is 4.56. The van der Waals surface area contributed by atoms with Crippen LogP contribution in [0.4, 0.5) is 0 Å². The van der Waals surface area contributed by atoms with Gasteiger partial charge < -0.3 is 10.6 Å². The molecule has 0 aliphatic carbocycles. The van der Waals surface area contributed by atoms with Crippen LogP contribution in [0.2, 0.25) is 5.02 Å². The van der Waals surface area contributed by atoms with Gasteiger partial charge in [-0.3, -0.25) is 4.79 Å². The lowest BCUT2D eigenvalue weighted by atomic mass is 9.98. The fraction of sp³-hybridized carbons (Fsp3) is 0.300. The van der Waals surface area contributed by atoms with E-state index >= 15 is 0 Å². The van der Waals surface area contributed by atoms with Crippen molar-refractivity contribution in [2.75, 3.05) is 19.6 Å². The first-order chi connectivity index (χ1) is 12.2. The van der Waals surface area contributed by atoms with Gasteiger partial charge in [0.15, 0.2) is 0 Å². The molecule has 0 radical (unpaired) electrons. The van der Waals surface area contributed by atoms with Crippen molar-refractivity contribution < 1.29 is 4.79 Å². The Kier molecular flexibility index (Phi) is 7.47. The number of rotatable bonds is 4. The number of piperidine rings is 1. The van der Waals surface area contributed by atoms with Crippen LogP contribution in [0, 0.1) is 17.2 Å². The van der Waals surface area contributed by atoms with E-state index in [2.05, 4.69) is 16.7 Å². The zero-order valence-electron chi connectivity index (χ0n) is 14.3. The maximum absolute atomic E-state index is 12.4. The second-order valence-corrected chi connectivity index (χ2v) is 6.70. The molecule has 2 aromatic rings. The first-order valence-electron chi connectivity index (χ1n) is 8.46. The van der Waals surface area contributed by atoms with Crippen molar-refractivity contribution in [2.45, 2.75) is 12.8 Å². The number of nitrogens with zero attached hydrogens (tertiary/aromatic N) is 1. The van der Waals surface area contributed by atoms with Gasteiger partial charge in [0, 0.05) is 12.1 Å². The summed E-state index contributed by atoms with van der Waals surface area (Å²) in [4.78, 5) is 12.4. The molecular weight excluding hydrogens is 369 g/mol. The fourth-order valence-electron chi connectivity index (χ4n) is 3.05. The van der Waals surface area contributed by atoms with Crippen molar-refractivity contribution in [3.05, 3.63) is 58.6 Å². The van der Waals surface area contributed by atoms with E-state index in [1.54, 1.807) is 12.1 Å². The highest BCUT2D eigenvalue weighted by Gasteiger charge is 2.15. The minimum Gasteiger partial charge on any atom is -0.352 e. The van der Waals surface area contributed by atoms with Crippen LogP contribution >= 0.6 is 24.0 Å². The Morgan fingerprint density at radius 3 is 2.62 bits per heavy atom. The molecule has 1 aliphatic heterocycles. The van der Waals surface area contributed by atoms with Crippen LogP contribution in [-0.4, -0.2) is 25.5 Å². The number of amides is 1. The quantitative estimate of drug-likeness (QED) is 0.829. The molecule has 0 spiro atoms. The SMILES string of the molecule is Cl.N#Cc1ccc(-c2cccc(C(=O)NCC3CCNCC3)c2)cc1Cl. The van der Waals surface area contributed by atoms with Gasteiger partial charge in [-0.05, 0) is 67.2 Å². The number of benzene rings is 2. The fourth-order valence-corrected chi connectivity index (χ4v) is 3.27. The predicted octanol–water partition coefficient (Wildman–Crippen LogP) is 4.03. The molecule has 1 heterocycles. The summed E-state index contributed by atoms with van der Waals surface area (Å²) < 4.78 is 0. The highest BCUT2D eigenvalue weighted by atomic mass is 35.5. The smallest absolute Gasteiger partial charge is 0.251 e. The van der Waals surface area contributed by atoms with Gasteiger partial charge >= 0.3 is 0 Å². The standard InChI is InChI=1S/C20H20ClN3O.ClH/c21-19-11-16(4-5-18(19)12-22)15-2-1-3-17(10-15)20(25)24-13-14-6-8-23-9-7-14;/h1-5,10-11,14,23H,6-9,13H2,(H,24,25);1H. The molecule has 0 bridgehead atoms. The number of hydrogen-bond donors (Lipinski definition) is 2. The monoisotopic (exact) mass is 389 g/mol. The van der Waals surface area contributed by atoms with E-state index in [1.165, 1.54) is 0 Å². The zero-order chi connectivity index (χ0) is 17.6. The Labute approximate surface area is 165 Å². The van der Waals surface area contributed by atoms with Gasteiger partial charge in [-0.25, -0.2) is 0 Å². The van der Waals surface area contributed by atoms with Crippen molar-refractivity contribution in [1.29, 1.82) is 5.26 Å². The molecule has 26 heavy (non-hydrogen) atoms.